The molecule has 0 spiro atoms. The van der Waals surface area contributed by atoms with Crippen LogP contribution in [0.4, 0.5) is 13.2 Å². The molecule has 90 valence electrons. The third-order valence-corrected chi connectivity index (χ3v) is 2.05. The predicted molar refractivity (Wildman–Crippen MR) is 47.9 cm³/mol. The number of benzene rings is 1. The van der Waals surface area contributed by atoms with Gasteiger partial charge in [-0.1, -0.05) is 30.3 Å². The summed E-state index contributed by atoms with van der Waals surface area (Å²) in [5.41, 5.74) is -0.410. The summed E-state index contributed by atoms with van der Waals surface area (Å²) in [7, 11) is -5.17. The Labute approximate surface area is 89.6 Å². The average Bonchev–Trinajstić information content (AvgIpc) is 2.13. The Bertz CT molecular complexity index is 440. The summed E-state index contributed by atoms with van der Waals surface area (Å²) in [6.07, 6.45) is -7.64. The lowest BCUT2D eigenvalue weighted by molar-refractivity contribution is -0.198. The van der Waals surface area contributed by atoms with E-state index in [1.807, 2.05) is 0 Å². The molecule has 0 heterocycles. The van der Waals surface area contributed by atoms with E-state index in [2.05, 4.69) is 4.18 Å². The second-order valence-corrected chi connectivity index (χ2v) is 3.90. The highest BCUT2D eigenvalue weighted by Crippen LogP contribution is 2.36. The van der Waals surface area contributed by atoms with Crippen LogP contribution >= 0.6 is 0 Å². The van der Waals surface area contributed by atoms with Crippen molar-refractivity contribution < 1.29 is 30.3 Å². The first-order valence-corrected chi connectivity index (χ1v) is 5.34. The molecule has 0 aliphatic heterocycles. The van der Waals surface area contributed by atoms with Crippen LogP contribution in [0.3, 0.4) is 0 Å². The van der Waals surface area contributed by atoms with Crippen molar-refractivity contribution in [3.05, 3.63) is 35.9 Å². The zero-order valence-corrected chi connectivity index (χ0v) is 8.49. The van der Waals surface area contributed by atoms with Crippen LogP contribution in [0, 0.1) is 0 Å². The van der Waals surface area contributed by atoms with Gasteiger partial charge in [-0.2, -0.15) is 21.6 Å². The van der Waals surface area contributed by atoms with Crippen LogP contribution in [0.5, 0.6) is 0 Å². The zero-order chi connectivity index (χ0) is 12.4. The third-order valence-electron chi connectivity index (χ3n) is 1.62. The highest BCUT2D eigenvalue weighted by molar-refractivity contribution is 7.80. The molecule has 1 N–H and O–H groups in total. The molecule has 0 amide bonds. The highest BCUT2D eigenvalue weighted by atomic mass is 32.3. The Kier molecular flexibility index (Phi) is 3.56. The van der Waals surface area contributed by atoms with E-state index < -0.39 is 28.2 Å². The van der Waals surface area contributed by atoms with E-state index in [1.54, 1.807) is 0 Å². The number of alkyl halides is 3. The summed E-state index contributed by atoms with van der Waals surface area (Å²) < 4.78 is 69.8. The molecule has 0 aliphatic carbocycles. The maximum Gasteiger partial charge on any atom is 0.420 e. The summed E-state index contributed by atoms with van der Waals surface area (Å²) in [5.74, 6) is 0. The van der Waals surface area contributed by atoms with Gasteiger partial charge in [-0.15, -0.1) is 0 Å². The first-order chi connectivity index (χ1) is 7.20. The molecule has 1 aromatic carbocycles. The minimum Gasteiger partial charge on any atom is -0.264 e. The van der Waals surface area contributed by atoms with E-state index >= 15 is 0 Å². The van der Waals surface area contributed by atoms with Crippen LogP contribution in [0.25, 0.3) is 0 Å². The Morgan fingerprint density at radius 2 is 1.69 bits per heavy atom. The second kappa shape index (κ2) is 4.40. The molecular formula is C8H7F3O4S. The summed E-state index contributed by atoms with van der Waals surface area (Å²) in [5, 5.41) is 0. The van der Waals surface area contributed by atoms with Crippen molar-refractivity contribution in [3.8, 4) is 0 Å². The van der Waals surface area contributed by atoms with Gasteiger partial charge in [0, 0.05) is 0 Å². The fourth-order valence-electron chi connectivity index (χ4n) is 1.05. The fourth-order valence-corrected chi connectivity index (χ4v) is 1.51. The number of rotatable bonds is 3. The highest BCUT2D eigenvalue weighted by Gasteiger charge is 2.44. The Hall–Kier alpha value is -1.12. The third kappa shape index (κ3) is 3.80. The van der Waals surface area contributed by atoms with Gasteiger partial charge >= 0.3 is 16.6 Å². The number of hydrogen-bond acceptors (Lipinski definition) is 3. The van der Waals surface area contributed by atoms with Crippen molar-refractivity contribution in [2.45, 2.75) is 12.3 Å². The minimum absolute atomic E-state index is 0.410. The molecule has 0 bridgehead atoms. The van der Waals surface area contributed by atoms with Crippen molar-refractivity contribution in [2.75, 3.05) is 0 Å². The maximum atomic E-state index is 12.4. The predicted octanol–water partition coefficient (Wildman–Crippen LogP) is 2.11. The fraction of sp³-hybridized carbons (Fsp3) is 0.250. The van der Waals surface area contributed by atoms with Gasteiger partial charge in [-0.3, -0.25) is 4.55 Å². The molecule has 16 heavy (non-hydrogen) atoms. The first kappa shape index (κ1) is 12.9. The molecule has 0 radical (unpaired) electrons. The smallest absolute Gasteiger partial charge is 0.264 e. The molecule has 1 unspecified atom stereocenters. The molecule has 0 saturated carbocycles. The molecule has 4 nitrogen and oxygen atoms in total. The molecule has 0 aromatic heterocycles. The molecule has 0 fully saturated rings. The summed E-state index contributed by atoms with van der Waals surface area (Å²) >= 11 is 0. The standard InChI is InChI=1S/C8H7F3O4S/c9-8(10,11)7(15-16(12,13)14)6-4-2-1-3-5-6/h1-5,7H,(H,12,13,14). The monoisotopic (exact) mass is 256 g/mol. The summed E-state index contributed by atoms with van der Waals surface area (Å²) in [6.45, 7) is 0. The van der Waals surface area contributed by atoms with Crippen molar-refractivity contribution in [1.29, 1.82) is 0 Å². The molecule has 0 aliphatic rings. The van der Waals surface area contributed by atoms with Crippen molar-refractivity contribution >= 4 is 10.4 Å². The van der Waals surface area contributed by atoms with Crippen LogP contribution in [-0.2, 0) is 14.6 Å². The van der Waals surface area contributed by atoms with Gasteiger partial charge in [0.05, 0.1) is 0 Å². The largest absolute Gasteiger partial charge is 0.420 e. The summed E-state index contributed by atoms with van der Waals surface area (Å²) in [4.78, 5) is 0. The van der Waals surface area contributed by atoms with E-state index in [-0.39, 0.29) is 0 Å². The second-order valence-electron chi connectivity index (χ2n) is 2.86. The van der Waals surface area contributed by atoms with Crippen LogP contribution in [0.1, 0.15) is 11.7 Å². The number of halogens is 3. The van der Waals surface area contributed by atoms with E-state index in [1.165, 1.54) is 18.2 Å². The zero-order valence-electron chi connectivity index (χ0n) is 7.68. The minimum atomic E-state index is -5.17. The van der Waals surface area contributed by atoms with Crippen molar-refractivity contribution in [1.82, 2.24) is 0 Å². The lowest BCUT2D eigenvalue weighted by Gasteiger charge is -2.18. The molecule has 1 atom stereocenters. The Balaban J connectivity index is 3.08. The molecule has 1 aromatic rings. The van der Waals surface area contributed by atoms with Gasteiger partial charge < -0.3 is 0 Å². The van der Waals surface area contributed by atoms with Crippen LogP contribution in [-0.4, -0.2) is 19.1 Å². The van der Waals surface area contributed by atoms with E-state index in [0.717, 1.165) is 12.1 Å². The van der Waals surface area contributed by atoms with Gasteiger partial charge in [0.1, 0.15) is 0 Å². The first-order valence-electron chi connectivity index (χ1n) is 3.97. The lowest BCUT2D eigenvalue weighted by Crippen LogP contribution is -2.26. The Morgan fingerprint density at radius 1 is 1.19 bits per heavy atom. The van der Waals surface area contributed by atoms with Crippen LogP contribution in [0.2, 0.25) is 0 Å². The van der Waals surface area contributed by atoms with Crippen molar-refractivity contribution in [2.24, 2.45) is 0 Å². The van der Waals surface area contributed by atoms with Gasteiger partial charge in [0.25, 0.3) is 0 Å². The molecule has 1 rings (SSSR count). The van der Waals surface area contributed by atoms with Crippen molar-refractivity contribution in [3.63, 3.8) is 0 Å². The summed E-state index contributed by atoms with van der Waals surface area (Å²) in [6, 6.07) is 6.14. The van der Waals surface area contributed by atoms with E-state index in [9.17, 15) is 21.6 Å². The van der Waals surface area contributed by atoms with Gasteiger partial charge in [-0.25, -0.2) is 4.18 Å². The van der Waals surface area contributed by atoms with Gasteiger partial charge in [0.2, 0.25) is 0 Å². The van der Waals surface area contributed by atoms with Gasteiger partial charge in [-0.05, 0) is 5.56 Å². The lowest BCUT2D eigenvalue weighted by atomic mass is 10.1. The molecule has 0 saturated heterocycles. The maximum absolute atomic E-state index is 12.4. The quantitative estimate of drug-likeness (QED) is 0.841. The molecular weight excluding hydrogens is 249 g/mol. The normalized spacial score (nSPS) is 14.8. The topological polar surface area (TPSA) is 63.6 Å². The van der Waals surface area contributed by atoms with E-state index in [4.69, 9.17) is 4.55 Å². The van der Waals surface area contributed by atoms with Crippen LogP contribution < -0.4 is 0 Å². The number of hydrogen-bond donors (Lipinski definition) is 1. The average molecular weight is 256 g/mol. The van der Waals surface area contributed by atoms with E-state index in [0.29, 0.717) is 0 Å². The SMILES string of the molecule is O=S(=O)(O)OC(c1ccccc1)C(F)(F)F. The van der Waals surface area contributed by atoms with Crippen LogP contribution in [0.15, 0.2) is 30.3 Å². The van der Waals surface area contributed by atoms with Gasteiger partial charge in [0.15, 0.2) is 6.10 Å². The Morgan fingerprint density at radius 3 is 2.06 bits per heavy atom. The molecule has 8 heteroatoms.